The maximum absolute atomic E-state index is 11.7. The van der Waals surface area contributed by atoms with Crippen molar-refractivity contribution < 1.29 is 19.4 Å². The third-order valence-corrected chi connectivity index (χ3v) is 6.83. The Hall–Kier alpha value is -5.24. The Morgan fingerprint density at radius 2 is 1.90 bits per heavy atom. The number of benzene rings is 1. The molecular formula is C28H32N10O4. The second-order valence-electron chi connectivity index (χ2n) is 9.48. The lowest BCUT2D eigenvalue weighted by Crippen LogP contribution is -2.11. The smallest absolute Gasteiger partial charge is 0.250 e. The number of hydrogen-bond acceptors (Lipinski definition) is 10. The standard InChI is InChI=1S/C28H32N10O4/c1-4-38-24(22(29)16(2)35-38)27-33-19-11-17(15-40)12-21(42-10-9-39)23(19)36(27)7-5-6-8-37-26-20(34-28(37)31-3)13-18(14-32-26)25(30)41/h5-6,11-15,39H,4,7-10,29H2,1-3H3,(H2,30,41)(H,31,34)/b6-5+. The summed E-state index contributed by atoms with van der Waals surface area (Å²) < 4.78 is 11.5. The fourth-order valence-corrected chi connectivity index (χ4v) is 4.87. The monoisotopic (exact) mass is 572 g/mol. The predicted octanol–water partition coefficient (Wildman–Crippen LogP) is 2.14. The van der Waals surface area contributed by atoms with Crippen LogP contribution in [0.25, 0.3) is 33.7 Å². The van der Waals surface area contributed by atoms with E-state index >= 15 is 0 Å². The van der Waals surface area contributed by atoms with Gasteiger partial charge in [-0.05, 0) is 32.0 Å². The average Bonchev–Trinajstić information content (AvgIpc) is 3.63. The van der Waals surface area contributed by atoms with Gasteiger partial charge >= 0.3 is 0 Å². The van der Waals surface area contributed by atoms with E-state index in [0.29, 0.717) is 82.0 Å². The second-order valence-corrected chi connectivity index (χ2v) is 9.48. The number of carbonyl (C=O) groups is 2. The van der Waals surface area contributed by atoms with Crippen LogP contribution in [0.5, 0.6) is 5.75 Å². The molecule has 0 bridgehead atoms. The van der Waals surface area contributed by atoms with E-state index in [4.69, 9.17) is 21.2 Å². The summed E-state index contributed by atoms with van der Waals surface area (Å²) in [5.74, 6) is 0.988. The summed E-state index contributed by atoms with van der Waals surface area (Å²) >= 11 is 0. The SMILES string of the molecule is CCn1nc(C)c(N)c1-c1nc2cc(C=O)cc(OCCO)c2n1C/C=C/Cn1c(NC)nc2cc(C(N)=O)cnc21. The van der Waals surface area contributed by atoms with E-state index in [1.165, 1.54) is 6.20 Å². The number of allylic oxidation sites excluding steroid dienone is 2. The molecule has 0 saturated heterocycles. The Balaban J connectivity index is 1.58. The Kier molecular flexibility index (Phi) is 7.88. The fourth-order valence-electron chi connectivity index (χ4n) is 4.87. The molecule has 0 spiro atoms. The van der Waals surface area contributed by atoms with Crippen molar-refractivity contribution >= 4 is 46.0 Å². The van der Waals surface area contributed by atoms with Crippen molar-refractivity contribution in [2.45, 2.75) is 33.5 Å². The van der Waals surface area contributed by atoms with Crippen molar-refractivity contribution in [3.63, 3.8) is 0 Å². The topological polar surface area (TPSA) is 194 Å². The summed E-state index contributed by atoms with van der Waals surface area (Å²) in [5.41, 5.74) is 16.8. The number of pyridine rings is 1. The number of fused-ring (bicyclic) bond motifs is 2. The molecular weight excluding hydrogens is 540 g/mol. The largest absolute Gasteiger partial charge is 0.489 e. The van der Waals surface area contributed by atoms with Crippen LogP contribution in [0.2, 0.25) is 0 Å². The molecule has 0 fully saturated rings. The molecule has 1 aromatic carbocycles. The lowest BCUT2D eigenvalue weighted by atomic mass is 10.2. The van der Waals surface area contributed by atoms with Gasteiger partial charge in [-0.3, -0.25) is 18.8 Å². The molecule has 0 radical (unpaired) electrons. The zero-order valence-electron chi connectivity index (χ0n) is 23.5. The van der Waals surface area contributed by atoms with Gasteiger partial charge in [-0.1, -0.05) is 12.2 Å². The van der Waals surface area contributed by atoms with Crippen LogP contribution in [0.1, 0.15) is 33.3 Å². The van der Waals surface area contributed by atoms with Gasteiger partial charge in [-0.2, -0.15) is 5.10 Å². The van der Waals surface area contributed by atoms with E-state index in [0.717, 1.165) is 6.29 Å². The van der Waals surface area contributed by atoms with Crippen LogP contribution in [-0.2, 0) is 19.6 Å². The Bertz CT molecular complexity index is 1830. The molecule has 6 N–H and O–H groups in total. The van der Waals surface area contributed by atoms with Gasteiger partial charge in [0.05, 0.1) is 29.1 Å². The number of carbonyl (C=O) groups excluding carboxylic acids is 2. The molecule has 0 saturated carbocycles. The van der Waals surface area contributed by atoms with Gasteiger partial charge in [-0.25, -0.2) is 15.0 Å². The van der Waals surface area contributed by atoms with Crippen LogP contribution in [-0.4, -0.2) is 71.4 Å². The molecule has 0 aliphatic rings. The number of nitrogens with two attached hydrogens (primary N) is 2. The molecule has 5 rings (SSSR count). The number of nitrogens with one attached hydrogen (secondary N) is 1. The van der Waals surface area contributed by atoms with Crippen LogP contribution < -0.4 is 21.5 Å². The summed E-state index contributed by atoms with van der Waals surface area (Å²) in [6.45, 7) is 5.04. The summed E-state index contributed by atoms with van der Waals surface area (Å²) in [7, 11) is 1.76. The third kappa shape index (κ3) is 5.03. The van der Waals surface area contributed by atoms with E-state index in [1.807, 2.05) is 35.1 Å². The number of aldehydes is 1. The number of anilines is 2. The Morgan fingerprint density at radius 1 is 1.14 bits per heavy atom. The number of hydrogen-bond donors (Lipinski definition) is 4. The molecule has 14 heteroatoms. The van der Waals surface area contributed by atoms with Gasteiger partial charge in [0, 0.05) is 38.4 Å². The minimum atomic E-state index is -0.573. The van der Waals surface area contributed by atoms with E-state index < -0.39 is 5.91 Å². The van der Waals surface area contributed by atoms with Gasteiger partial charge in [0.15, 0.2) is 11.5 Å². The number of aromatic nitrogens is 7. The molecule has 5 aromatic rings. The summed E-state index contributed by atoms with van der Waals surface area (Å²) in [4.78, 5) is 37.1. The number of aryl methyl sites for hydroxylation is 2. The van der Waals surface area contributed by atoms with Crippen LogP contribution in [0, 0.1) is 6.92 Å². The first-order chi connectivity index (χ1) is 20.3. The summed E-state index contributed by atoms with van der Waals surface area (Å²) in [5, 5.41) is 17.0. The zero-order valence-corrected chi connectivity index (χ0v) is 23.5. The highest BCUT2D eigenvalue weighted by molar-refractivity contribution is 5.95. The minimum absolute atomic E-state index is 0.0485. The normalized spacial score (nSPS) is 11.6. The number of primary amides is 1. The van der Waals surface area contributed by atoms with Gasteiger partial charge < -0.3 is 31.2 Å². The number of nitrogens with zero attached hydrogens (tertiary/aromatic N) is 7. The lowest BCUT2D eigenvalue weighted by molar-refractivity contribution is 0.0999. The van der Waals surface area contributed by atoms with E-state index in [1.54, 1.807) is 29.9 Å². The number of aliphatic hydroxyl groups is 1. The first-order valence-corrected chi connectivity index (χ1v) is 13.4. The average molecular weight is 573 g/mol. The number of nitrogen functional groups attached to an aromatic ring is 1. The maximum atomic E-state index is 11.7. The third-order valence-electron chi connectivity index (χ3n) is 6.83. The maximum Gasteiger partial charge on any atom is 0.250 e. The van der Waals surface area contributed by atoms with Crippen molar-refractivity contribution in [1.82, 2.24) is 33.9 Å². The molecule has 4 aromatic heterocycles. The second kappa shape index (κ2) is 11.7. The van der Waals surface area contributed by atoms with E-state index in [-0.39, 0.29) is 18.8 Å². The van der Waals surface area contributed by atoms with Gasteiger partial charge in [-0.15, -0.1) is 0 Å². The number of aliphatic hydroxyl groups excluding tert-OH is 1. The summed E-state index contributed by atoms with van der Waals surface area (Å²) in [6, 6.07) is 4.93. The van der Waals surface area contributed by atoms with Gasteiger partial charge in [0.25, 0.3) is 0 Å². The van der Waals surface area contributed by atoms with Crippen molar-refractivity contribution in [2.24, 2.45) is 5.73 Å². The quantitative estimate of drug-likeness (QED) is 0.127. The predicted molar refractivity (Wildman–Crippen MR) is 158 cm³/mol. The fraction of sp³-hybridized carbons (Fsp3) is 0.286. The van der Waals surface area contributed by atoms with Crippen molar-refractivity contribution in [3.05, 3.63) is 53.4 Å². The van der Waals surface area contributed by atoms with Crippen LogP contribution in [0.4, 0.5) is 11.6 Å². The molecule has 42 heavy (non-hydrogen) atoms. The molecule has 0 aliphatic heterocycles. The number of amides is 1. The lowest BCUT2D eigenvalue weighted by Gasteiger charge is -2.12. The molecule has 1 amide bonds. The van der Waals surface area contributed by atoms with Crippen LogP contribution >= 0.6 is 0 Å². The molecule has 14 nitrogen and oxygen atoms in total. The van der Waals surface area contributed by atoms with E-state index in [2.05, 4.69) is 20.4 Å². The van der Waals surface area contributed by atoms with Gasteiger partial charge in [0.1, 0.15) is 35.4 Å². The number of rotatable bonds is 12. The first kappa shape index (κ1) is 28.3. The number of ether oxygens (including phenoxy) is 1. The van der Waals surface area contributed by atoms with Crippen molar-refractivity contribution in [2.75, 3.05) is 31.3 Å². The van der Waals surface area contributed by atoms with Crippen molar-refractivity contribution in [1.29, 1.82) is 0 Å². The minimum Gasteiger partial charge on any atom is -0.489 e. The zero-order chi connectivity index (χ0) is 30.0. The van der Waals surface area contributed by atoms with Crippen LogP contribution in [0.3, 0.4) is 0 Å². The van der Waals surface area contributed by atoms with Crippen LogP contribution in [0.15, 0.2) is 36.5 Å². The van der Waals surface area contributed by atoms with Crippen molar-refractivity contribution in [3.8, 4) is 17.3 Å². The molecule has 0 unspecified atom stereocenters. The molecule has 4 heterocycles. The highest BCUT2D eigenvalue weighted by Crippen LogP contribution is 2.35. The Morgan fingerprint density at radius 3 is 2.57 bits per heavy atom. The summed E-state index contributed by atoms with van der Waals surface area (Å²) in [6.07, 6.45) is 6.09. The molecule has 0 atom stereocenters. The first-order valence-electron chi connectivity index (χ1n) is 13.4. The van der Waals surface area contributed by atoms with E-state index in [9.17, 15) is 14.7 Å². The highest BCUT2D eigenvalue weighted by atomic mass is 16.5. The molecule has 218 valence electrons. The molecule has 0 aliphatic carbocycles. The highest BCUT2D eigenvalue weighted by Gasteiger charge is 2.23. The number of imidazole rings is 2. The Labute approximate surface area is 240 Å². The van der Waals surface area contributed by atoms with Gasteiger partial charge in [0.2, 0.25) is 11.9 Å².